The Balaban J connectivity index is 1.98. The fraction of sp³-hybridized carbons (Fsp3) is 1.00. The Morgan fingerprint density at radius 2 is 1.76 bits per heavy atom. The highest BCUT2D eigenvalue weighted by Crippen LogP contribution is 2.12. The van der Waals surface area contributed by atoms with E-state index in [0.717, 1.165) is 6.04 Å². The predicted octanol–water partition coefficient (Wildman–Crippen LogP) is 3.42. The molecule has 17 heavy (non-hydrogen) atoms. The maximum atomic E-state index is 3.80. The minimum atomic E-state index is 0.713. The second-order valence-electron chi connectivity index (χ2n) is 5.85. The molecule has 0 saturated carbocycles. The molecule has 1 rings (SSSR count). The molecule has 102 valence electrons. The average molecular weight is 240 g/mol. The van der Waals surface area contributed by atoms with Gasteiger partial charge >= 0.3 is 0 Å². The topological polar surface area (TPSA) is 15.3 Å². The lowest BCUT2D eigenvalue weighted by Crippen LogP contribution is -2.44. The normalized spacial score (nSPS) is 20.6. The lowest BCUT2D eigenvalue weighted by atomic mass is 10.0. The van der Waals surface area contributed by atoms with Crippen molar-refractivity contribution in [2.45, 2.75) is 77.3 Å². The first-order valence-electron chi connectivity index (χ1n) is 7.67. The summed E-state index contributed by atoms with van der Waals surface area (Å²) in [6, 6.07) is 1.49. The fourth-order valence-electron chi connectivity index (χ4n) is 2.72. The van der Waals surface area contributed by atoms with Crippen molar-refractivity contribution in [3.05, 3.63) is 0 Å². The van der Waals surface area contributed by atoms with Crippen molar-refractivity contribution < 1.29 is 0 Å². The SMILES string of the molecule is CCCCCCCC(C)NC1CCN(C)CC1. The van der Waals surface area contributed by atoms with Crippen LogP contribution in [0.15, 0.2) is 0 Å². The number of unbranched alkanes of at least 4 members (excludes halogenated alkanes) is 4. The zero-order chi connectivity index (χ0) is 12.5. The molecule has 2 heteroatoms. The van der Waals surface area contributed by atoms with Crippen LogP contribution in [0.25, 0.3) is 0 Å². The van der Waals surface area contributed by atoms with Crippen LogP contribution < -0.4 is 5.32 Å². The number of rotatable bonds is 8. The van der Waals surface area contributed by atoms with Gasteiger partial charge in [-0.3, -0.25) is 0 Å². The second-order valence-corrected chi connectivity index (χ2v) is 5.85. The zero-order valence-corrected chi connectivity index (χ0v) is 12.2. The van der Waals surface area contributed by atoms with Crippen LogP contribution in [0.1, 0.15) is 65.2 Å². The molecule has 0 aromatic rings. The van der Waals surface area contributed by atoms with Gasteiger partial charge in [-0.2, -0.15) is 0 Å². The van der Waals surface area contributed by atoms with Crippen molar-refractivity contribution in [1.29, 1.82) is 0 Å². The molecule has 1 fully saturated rings. The van der Waals surface area contributed by atoms with E-state index in [0.29, 0.717) is 6.04 Å². The lowest BCUT2D eigenvalue weighted by molar-refractivity contribution is 0.224. The molecule has 0 aromatic heterocycles. The molecule has 1 heterocycles. The minimum absolute atomic E-state index is 0.713. The van der Waals surface area contributed by atoms with E-state index in [1.54, 1.807) is 0 Å². The number of nitrogens with zero attached hydrogens (tertiary/aromatic N) is 1. The number of piperidine rings is 1. The number of nitrogens with one attached hydrogen (secondary N) is 1. The third kappa shape index (κ3) is 7.05. The van der Waals surface area contributed by atoms with E-state index in [1.807, 2.05) is 0 Å². The highest BCUT2D eigenvalue weighted by molar-refractivity contribution is 4.77. The Labute approximate surface area is 108 Å². The van der Waals surface area contributed by atoms with Crippen molar-refractivity contribution in [3.63, 3.8) is 0 Å². The lowest BCUT2D eigenvalue weighted by Gasteiger charge is -2.31. The first kappa shape index (κ1) is 15.0. The molecule has 1 unspecified atom stereocenters. The van der Waals surface area contributed by atoms with Gasteiger partial charge in [-0.05, 0) is 46.3 Å². The van der Waals surface area contributed by atoms with Crippen LogP contribution in [0, 0.1) is 0 Å². The van der Waals surface area contributed by atoms with E-state index in [2.05, 4.69) is 31.1 Å². The van der Waals surface area contributed by atoms with Crippen LogP contribution in [0.5, 0.6) is 0 Å². The summed E-state index contributed by atoms with van der Waals surface area (Å²) in [4.78, 5) is 2.44. The largest absolute Gasteiger partial charge is 0.311 e. The minimum Gasteiger partial charge on any atom is -0.311 e. The predicted molar refractivity (Wildman–Crippen MR) is 76.5 cm³/mol. The Bertz CT molecular complexity index is 174. The molecule has 0 aliphatic carbocycles. The van der Waals surface area contributed by atoms with Gasteiger partial charge in [0.1, 0.15) is 0 Å². The van der Waals surface area contributed by atoms with Gasteiger partial charge in [-0.1, -0.05) is 39.0 Å². The molecule has 0 radical (unpaired) electrons. The van der Waals surface area contributed by atoms with E-state index in [1.165, 1.54) is 64.5 Å². The Morgan fingerprint density at radius 1 is 1.12 bits per heavy atom. The van der Waals surface area contributed by atoms with Gasteiger partial charge in [-0.15, -0.1) is 0 Å². The monoisotopic (exact) mass is 240 g/mol. The molecule has 0 bridgehead atoms. The fourth-order valence-corrected chi connectivity index (χ4v) is 2.72. The summed E-state index contributed by atoms with van der Waals surface area (Å²) < 4.78 is 0. The summed E-state index contributed by atoms with van der Waals surface area (Å²) in [7, 11) is 2.23. The van der Waals surface area contributed by atoms with Gasteiger partial charge in [0.25, 0.3) is 0 Å². The highest BCUT2D eigenvalue weighted by Gasteiger charge is 2.17. The van der Waals surface area contributed by atoms with Crippen molar-refractivity contribution in [2.75, 3.05) is 20.1 Å². The first-order valence-corrected chi connectivity index (χ1v) is 7.67. The molecule has 2 nitrogen and oxygen atoms in total. The van der Waals surface area contributed by atoms with Crippen molar-refractivity contribution >= 4 is 0 Å². The first-order chi connectivity index (χ1) is 8.22. The third-order valence-electron chi connectivity index (χ3n) is 3.98. The molecule has 0 aromatic carbocycles. The van der Waals surface area contributed by atoms with Crippen LogP contribution in [0.2, 0.25) is 0 Å². The summed E-state index contributed by atoms with van der Waals surface area (Å²) in [5, 5.41) is 3.80. The molecule has 1 aliphatic rings. The van der Waals surface area contributed by atoms with Crippen molar-refractivity contribution in [3.8, 4) is 0 Å². The summed E-state index contributed by atoms with van der Waals surface area (Å²) in [5.74, 6) is 0. The Morgan fingerprint density at radius 3 is 2.41 bits per heavy atom. The van der Waals surface area contributed by atoms with Crippen LogP contribution in [-0.4, -0.2) is 37.1 Å². The molecule has 1 aliphatic heterocycles. The van der Waals surface area contributed by atoms with E-state index in [9.17, 15) is 0 Å². The molecular weight excluding hydrogens is 208 g/mol. The van der Waals surface area contributed by atoms with Crippen LogP contribution in [0.3, 0.4) is 0 Å². The third-order valence-corrected chi connectivity index (χ3v) is 3.98. The molecule has 0 amide bonds. The Kier molecular flexibility index (Phi) is 7.87. The smallest absolute Gasteiger partial charge is 0.00938 e. The number of hydrogen-bond acceptors (Lipinski definition) is 2. The van der Waals surface area contributed by atoms with Gasteiger partial charge in [0.15, 0.2) is 0 Å². The second kappa shape index (κ2) is 8.93. The van der Waals surface area contributed by atoms with Crippen LogP contribution >= 0.6 is 0 Å². The van der Waals surface area contributed by atoms with Gasteiger partial charge in [0, 0.05) is 12.1 Å². The van der Waals surface area contributed by atoms with E-state index in [4.69, 9.17) is 0 Å². The molecule has 1 atom stereocenters. The van der Waals surface area contributed by atoms with E-state index < -0.39 is 0 Å². The summed E-state index contributed by atoms with van der Waals surface area (Å²) in [6.07, 6.45) is 11.0. The number of likely N-dealkylation sites (tertiary alicyclic amines) is 1. The number of hydrogen-bond donors (Lipinski definition) is 1. The van der Waals surface area contributed by atoms with Crippen molar-refractivity contribution in [2.24, 2.45) is 0 Å². The van der Waals surface area contributed by atoms with Crippen molar-refractivity contribution in [1.82, 2.24) is 10.2 Å². The average Bonchev–Trinajstić information content (AvgIpc) is 2.32. The summed E-state index contributed by atoms with van der Waals surface area (Å²) in [6.45, 7) is 7.17. The maximum absolute atomic E-state index is 3.80. The van der Waals surface area contributed by atoms with E-state index in [-0.39, 0.29) is 0 Å². The highest BCUT2D eigenvalue weighted by atomic mass is 15.1. The Hall–Kier alpha value is -0.0800. The quantitative estimate of drug-likeness (QED) is 0.654. The molecular formula is C15H32N2. The van der Waals surface area contributed by atoms with Gasteiger partial charge in [0.05, 0.1) is 0 Å². The standard InChI is InChI=1S/C15H32N2/c1-4-5-6-7-8-9-14(2)16-15-10-12-17(3)13-11-15/h14-16H,4-13H2,1-3H3. The van der Waals surface area contributed by atoms with E-state index >= 15 is 0 Å². The molecule has 0 spiro atoms. The zero-order valence-electron chi connectivity index (χ0n) is 12.2. The maximum Gasteiger partial charge on any atom is 0.00938 e. The van der Waals surface area contributed by atoms with Gasteiger partial charge in [-0.25, -0.2) is 0 Å². The summed E-state index contributed by atoms with van der Waals surface area (Å²) in [5.41, 5.74) is 0. The van der Waals surface area contributed by atoms with Crippen LogP contribution in [0.4, 0.5) is 0 Å². The molecule has 1 N–H and O–H groups in total. The van der Waals surface area contributed by atoms with Gasteiger partial charge in [0.2, 0.25) is 0 Å². The molecule has 1 saturated heterocycles. The van der Waals surface area contributed by atoms with Crippen LogP contribution in [-0.2, 0) is 0 Å². The van der Waals surface area contributed by atoms with Gasteiger partial charge < -0.3 is 10.2 Å². The summed E-state index contributed by atoms with van der Waals surface area (Å²) >= 11 is 0.